The summed E-state index contributed by atoms with van der Waals surface area (Å²) in [5.74, 6) is -1.30. The van der Waals surface area contributed by atoms with Gasteiger partial charge in [0.25, 0.3) is 0 Å². The molecule has 1 unspecified atom stereocenters. The van der Waals surface area contributed by atoms with Crippen LogP contribution >= 0.6 is 0 Å². The van der Waals surface area contributed by atoms with Crippen molar-refractivity contribution in [3.63, 3.8) is 0 Å². The number of hydrogen-bond acceptors (Lipinski definition) is 5. The molecule has 0 fully saturated rings. The van der Waals surface area contributed by atoms with Crippen LogP contribution in [0.25, 0.3) is 0 Å². The zero-order valence-electron chi connectivity index (χ0n) is 18.0. The summed E-state index contributed by atoms with van der Waals surface area (Å²) in [6.07, 6.45) is 2.27. The summed E-state index contributed by atoms with van der Waals surface area (Å²) < 4.78 is 0. The van der Waals surface area contributed by atoms with Gasteiger partial charge in [0, 0.05) is 13.1 Å². The number of aromatic hydroxyl groups is 1. The topological polar surface area (TPSA) is 98.1 Å². The number of phenols is 1. The van der Waals surface area contributed by atoms with Gasteiger partial charge in [-0.3, -0.25) is 4.79 Å². The number of nitrogens with zero attached hydrogens (tertiary/aromatic N) is 1. The minimum atomic E-state index is -1.03. The molecule has 6 heteroatoms. The molecule has 0 radical (unpaired) electrons. The van der Waals surface area contributed by atoms with Crippen LogP contribution in [-0.2, 0) is 0 Å². The SMILES string of the molecule is CCCCCC(O)C(=O)c1cccc(N(CC)CC)c1O.O=C(O)c1ccccc1. The van der Waals surface area contributed by atoms with Crippen molar-refractivity contribution in [2.45, 2.75) is 52.6 Å². The molecule has 2 rings (SSSR count). The fourth-order valence-electron chi connectivity index (χ4n) is 3.03. The molecule has 3 N–H and O–H groups in total. The average Bonchev–Trinajstić information content (AvgIpc) is 2.76. The fraction of sp³-hybridized carbons (Fsp3) is 0.417. The highest BCUT2D eigenvalue weighted by molar-refractivity contribution is 6.03. The predicted octanol–water partition coefficient (Wildman–Crippen LogP) is 4.75. The largest absolute Gasteiger partial charge is 0.505 e. The van der Waals surface area contributed by atoms with Crippen molar-refractivity contribution in [2.75, 3.05) is 18.0 Å². The van der Waals surface area contributed by atoms with E-state index in [4.69, 9.17) is 5.11 Å². The van der Waals surface area contributed by atoms with Gasteiger partial charge in [-0.2, -0.15) is 0 Å². The lowest BCUT2D eigenvalue weighted by atomic mass is 9.99. The number of phenolic OH excluding ortho intramolecular Hbond substituents is 1. The van der Waals surface area contributed by atoms with Crippen molar-refractivity contribution >= 4 is 17.4 Å². The number of hydrogen-bond donors (Lipinski definition) is 3. The van der Waals surface area contributed by atoms with Crippen molar-refractivity contribution in [1.82, 2.24) is 0 Å². The van der Waals surface area contributed by atoms with Crippen LogP contribution < -0.4 is 4.90 Å². The highest BCUT2D eigenvalue weighted by Gasteiger charge is 2.22. The van der Waals surface area contributed by atoms with Gasteiger partial charge >= 0.3 is 5.97 Å². The van der Waals surface area contributed by atoms with Crippen LogP contribution in [0.1, 0.15) is 67.2 Å². The zero-order chi connectivity index (χ0) is 22.5. The number of ketones is 1. The average molecular weight is 416 g/mol. The summed E-state index contributed by atoms with van der Waals surface area (Å²) in [6.45, 7) is 7.57. The number of carboxylic acids is 1. The van der Waals surface area contributed by atoms with Gasteiger partial charge in [-0.15, -0.1) is 0 Å². The van der Waals surface area contributed by atoms with Crippen LogP contribution in [0.3, 0.4) is 0 Å². The van der Waals surface area contributed by atoms with Crippen LogP contribution in [0.5, 0.6) is 5.75 Å². The van der Waals surface area contributed by atoms with Crippen LogP contribution in [0.2, 0.25) is 0 Å². The smallest absolute Gasteiger partial charge is 0.335 e. The van der Waals surface area contributed by atoms with E-state index in [0.29, 0.717) is 17.7 Å². The fourth-order valence-corrected chi connectivity index (χ4v) is 3.03. The maximum absolute atomic E-state index is 12.3. The van der Waals surface area contributed by atoms with Gasteiger partial charge in [0.1, 0.15) is 11.9 Å². The summed E-state index contributed by atoms with van der Waals surface area (Å²) in [5, 5.41) is 28.7. The number of aliphatic hydroxyl groups is 1. The van der Waals surface area contributed by atoms with E-state index in [1.807, 2.05) is 18.7 Å². The van der Waals surface area contributed by atoms with E-state index in [0.717, 1.165) is 32.4 Å². The van der Waals surface area contributed by atoms with E-state index in [1.54, 1.807) is 48.5 Å². The number of para-hydroxylation sites is 1. The number of rotatable bonds is 10. The quantitative estimate of drug-likeness (QED) is 0.383. The Labute approximate surface area is 178 Å². The standard InChI is InChI=1S/C17H27NO3.C7H6O2/c1-4-7-8-12-15(19)17(21)13-10-9-11-14(16(13)20)18(5-2)6-3;8-7(9)6-4-2-1-3-5-6/h9-11,15,19-20H,4-8,12H2,1-3H3;1-5H,(H,8,9). The minimum Gasteiger partial charge on any atom is -0.505 e. The molecule has 0 amide bonds. The molecule has 0 aliphatic heterocycles. The van der Waals surface area contributed by atoms with Crippen molar-refractivity contribution in [3.05, 3.63) is 59.7 Å². The second-order valence-corrected chi connectivity index (χ2v) is 6.89. The lowest BCUT2D eigenvalue weighted by Crippen LogP contribution is -2.24. The highest BCUT2D eigenvalue weighted by atomic mass is 16.4. The summed E-state index contributed by atoms with van der Waals surface area (Å²) in [4.78, 5) is 24.5. The number of benzene rings is 2. The number of carbonyl (C=O) groups is 2. The second-order valence-electron chi connectivity index (χ2n) is 6.89. The molecule has 0 spiro atoms. The Morgan fingerprint density at radius 3 is 2.07 bits per heavy atom. The van der Waals surface area contributed by atoms with Crippen LogP contribution in [0.4, 0.5) is 5.69 Å². The Kier molecular flexibility index (Phi) is 11.2. The van der Waals surface area contributed by atoms with Crippen LogP contribution in [-0.4, -0.2) is 46.3 Å². The molecule has 0 aromatic heterocycles. The Morgan fingerprint density at radius 2 is 1.57 bits per heavy atom. The molecule has 2 aromatic carbocycles. The highest BCUT2D eigenvalue weighted by Crippen LogP contribution is 2.31. The third-order valence-electron chi connectivity index (χ3n) is 4.79. The second kappa shape index (κ2) is 13.4. The Morgan fingerprint density at radius 1 is 0.933 bits per heavy atom. The number of unbranched alkanes of at least 4 members (excludes halogenated alkanes) is 2. The van der Waals surface area contributed by atoms with Crippen molar-refractivity contribution in [2.24, 2.45) is 0 Å². The van der Waals surface area contributed by atoms with Gasteiger partial charge in [-0.25, -0.2) is 4.79 Å². The van der Waals surface area contributed by atoms with Crippen LogP contribution in [0.15, 0.2) is 48.5 Å². The van der Waals surface area contributed by atoms with E-state index in [9.17, 15) is 19.8 Å². The summed E-state index contributed by atoms with van der Waals surface area (Å²) in [7, 11) is 0. The molecule has 2 aromatic rings. The molecule has 0 bridgehead atoms. The summed E-state index contributed by atoms with van der Waals surface area (Å²) >= 11 is 0. The van der Waals surface area contributed by atoms with Crippen LogP contribution in [0, 0.1) is 0 Å². The Hall–Kier alpha value is -2.86. The normalized spacial score (nSPS) is 11.2. The molecule has 0 aliphatic rings. The van der Waals surface area contributed by atoms with Crippen molar-refractivity contribution in [3.8, 4) is 5.75 Å². The van der Waals surface area contributed by atoms with Gasteiger partial charge < -0.3 is 20.2 Å². The third kappa shape index (κ3) is 7.52. The monoisotopic (exact) mass is 415 g/mol. The molecule has 0 saturated carbocycles. The van der Waals surface area contributed by atoms with E-state index in [1.165, 1.54) is 0 Å². The van der Waals surface area contributed by atoms with Gasteiger partial charge in [-0.1, -0.05) is 50.5 Å². The number of aromatic carboxylic acids is 1. The number of anilines is 1. The maximum Gasteiger partial charge on any atom is 0.335 e. The lowest BCUT2D eigenvalue weighted by molar-refractivity contribution is 0.0695. The molecule has 164 valence electrons. The number of carbonyl (C=O) groups excluding carboxylic acids is 1. The van der Waals surface area contributed by atoms with Crippen molar-refractivity contribution in [1.29, 1.82) is 0 Å². The third-order valence-corrected chi connectivity index (χ3v) is 4.79. The Balaban J connectivity index is 0.000000414. The summed E-state index contributed by atoms with van der Waals surface area (Å²) in [5.41, 5.74) is 1.19. The molecule has 6 nitrogen and oxygen atoms in total. The molecule has 0 heterocycles. The lowest BCUT2D eigenvalue weighted by Gasteiger charge is -2.23. The molecular formula is C24H33NO5. The van der Waals surface area contributed by atoms with Gasteiger partial charge in [0.05, 0.1) is 16.8 Å². The zero-order valence-corrected chi connectivity index (χ0v) is 18.0. The van der Waals surface area contributed by atoms with Gasteiger partial charge in [0.15, 0.2) is 5.78 Å². The van der Waals surface area contributed by atoms with E-state index >= 15 is 0 Å². The minimum absolute atomic E-state index is 0.0271. The van der Waals surface area contributed by atoms with E-state index < -0.39 is 17.9 Å². The first-order chi connectivity index (χ1) is 14.4. The molecule has 0 saturated heterocycles. The van der Waals surface area contributed by atoms with E-state index in [2.05, 4.69) is 6.92 Å². The molecule has 1 atom stereocenters. The van der Waals surface area contributed by atoms with Crippen molar-refractivity contribution < 1.29 is 24.9 Å². The maximum atomic E-state index is 12.3. The first-order valence-electron chi connectivity index (χ1n) is 10.4. The molecule has 0 aliphatic carbocycles. The number of carboxylic acid groups (broad SMARTS) is 1. The Bertz CT molecular complexity index is 787. The number of Topliss-reactive ketones (excluding diaryl/α,β-unsaturated/α-hetero) is 1. The van der Waals surface area contributed by atoms with Gasteiger partial charge in [-0.05, 0) is 44.5 Å². The summed E-state index contributed by atoms with van der Waals surface area (Å²) in [6, 6.07) is 13.4. The first-order valence-corrected chi connectivity index (χ1v) is 10.4. The first kappa shape index (κ1) is 25.2. The number of aliphatic hydroxyl groups excluding tert-OH is 1. The van der Waals surface area contributed by atoms with Gasteiger partial charge in [0.2, 0.25) is 0 Å². The predicted molar refractivity (Wildman–Crippen MR) is 120 cm³/mol. The molecule has 30 heavy (non-hydrogen) atoms. The molecular weight excluding hydrogens is 382 g/mol. The van der Waals surface area contributed by atoms with E-state index in [-0.39, 0.29) is 11.3 Å².